The molecule has 0 aliphatic rings. The van der Waals surface area contributed by atoms with E-state index in [0.717, 1.165) is 93.4 Å². The lowest BCUT2D eigenvalue weighted by Crippen LogP contribution is -2.00. The molecule has 52 heavy (non-hydrogen) atoms. The number of furan rings is 2. The van der Waals surface area contributed by atoms with Gasteiger partial charge in [-0.2, -0.15) is 0 Å². The van der Waals surface area contributed by atoms with Gasteiger partial charge in [-0.25, -0.2) is 15.0 Å². The van der Waals surface area contributed by atoms with E-state index < -0.39 is 0 Å². The highest BCUT2D eigenvalue weighted by Crippen LogP contribution is 2.40. The highest BCUT2D eigenvalue weighted by atomic mass is 16.3. The maximum atomic E-state index is 6.35. The molecular formula is C46H26N4O2. The second-order valence-corrected chi connectivity index (χ2v) is 13.1. The molecule has 11 aromatic rings. The van der Waals surface area contributed by atoms with Gasteiger partial charge in [0.25, 0.3) is 0 Å². The van der Waals surface area contributed by atoms with E-state index in [1.807, 2.05) is 79.0 Å². The molecule has 0 unspecified atom stereocenters. The largest absolute Gasteiger partial charge is 0.456 e. The predicted octanol–water partition coefficient (Wildman–Crippen LogP) is 12.0. The van der Waals surface area contributed by atoms with Crippen molar-refractivity contribution in [2.24, 2.45) is 0 Å². The first-order chi connectivity index (χ1) is 25.7. The summed E-state index contributed by atoms with van der Waals surface area (Å²) in [7, 11) is 0. The molecule has 0 bridgehead atoms. The van der Waals surface area contributed by atoms with Gasteiger partial charge in [0, 0.05) is 49.8 Å². The fourth-order valence-electron chi connectivity index (χ4n) is 7.49. The molecule has 0 atom stereocenters. The lowest BCUT2D eigenvalue weighted by atomic mass is 9.96. The van der Waals surface area contributed by atoms with Crippen LogP contribution in [0.3, 0.4) is 0 Å². The molecule has 4 heterocycles. The SMILES string of the molecule is c1ccc(-c2nc(-c3ccc4cc(-c5cccc6oc7cc8cccnc8cc7c56)ccc4c3)nc(-c3cccc4oc5ccccc5c34)n2)cc1. The van der Waals surface area contributed by atoms with Gasteiger partial charge in [-0.1, -0.05) is 103 Å². The fourth-order valence-corrected chi connectivity index (χ4v) is 7.49. The van der Waals surface area contributed by atoms with Gasteiger partial charge in [0.2, 0.25) is 0 Å². The van der Waals surface area contributed by atoms with Crippen LogP contribution in [0.2, 0.25) is 0 Å². The molecule has 11 rings (SSSR count). The number of pyridine rings is 1. The Morgan fingerprint density at radius 1 is 0.365 bits per heavy atom. The predicted molar refractivity (Wildman–Crippen MR) is 209 cm³/mol. The first-order valence-electron chi connectivity index (χ1n) is 17.2. The molecule has 0 saturated carbocycles. The highest BCUT2D eigenvalue weighted by molar-refractivity contribution is 6.16. The summed E-state index contributed by atoms with van der Waals surface area (Å²) in [5.74, 6) is 1.82. The summed E-state index contributed by atoms with van der Waals surface area (Å²) in [6.45, 7) is 0. The molecule has 4 aromatic heterocycles. The summed E-state index contributed by atoms with van der Waals surface area (Å²) in [4.78, 5) is 19.8. The average Bonchev–Trinajstić information content (AvgIpc) is 3.77. The molecular weight excluding hydrogens is 641 g/mol. The zero-order valence-electron chi connectivity index (χ0n) is 27.6. The van der Waals surface area contributed by atoms with Crippen molar-refractivity contribution in [1.82, 2.24) is 19.9 Å². The Hall–Kier alpha value is -7.18. The van der Waals surface area contributed by atoms with Crippen molar-refractivity contribution in [2.45, 2.75) is 0 Å². The van der Waals surface area contributed by atoms with E-state index in [2.05, 4.69) is 83.8 Å². The molecule has 6 heteroatoms. The van der Waals surface area contributed by atoms with Gasteiger partial charge in [0.15, 0.2) is 17.5 Å². The summed E-state index contributed by atoms with van der Waals surface area (Å²) in [5.41, 5.74) is 9.26. The molecule has 0 fully saturated rings. The third-order valence-electron chi connectivity index (χ3n) is 9.94. The Morgan fingerprint density at radius 2 is 1.02 bits per heavy atom. The van der Waals surface area contributed by atoms with Crippen LogP contribution >= 0.6 is 0 Å². The lowest BCUT2D eigenvalue weighted by Gasteiger charge is -2.10. The van der Waals surface area contributed by atoms with Crippen molar-refractivity contribution in [3.63, 3.8) is 0 Å². The van der Waals surface area contributed by atoms with Crippen LogP contribution in [-0.4, -0.2) is 19.9 Å². The zero-order chi connectivity index (χ0) is 34.2. The van der Waals surface area contributed by atoms with Gasteiger partial charge in [0.05, 0.1) is 5.52 Å². The normalized spacial score (nSPS) is 11.8. The van der Waals surface area contributed by atoms with E-state index in [9.17, 15) is 0 Å². The van der Waals surface area contributed by atoms with Gasteiger partial charge in [0.1, 0.15) is 22.3 Å². The number of para-hydroxylation sites is 1. The summed E-state index contributed by atoms with van der Waals surface area (Å²) >= 11 is 0. The Bertz CT molecular complexity index is 3200. The molecule has 0 aliphatic carbocycles. The van der Waals surface area contributed by atoms with Crippen LogP contribution in [0.25, 0.3) is 111 Å². The maximum absolute atomic E-state index is 6.35. The molecule has 6 nitrogen and oxygen atoms in total. The Morgan fingerprint density at radius 3 is 1.87 bits per heavy atom. The summed E-state index contributed by atoms with van der Waals surface area (Å²) < 4.78 is 12.6. The summed E-state index contributed by atoms with van der Waals surface area (Å²) in [5, 5.41) is 7.44. The standard InChI is InChI=1S/C46H26N4O2/c1-2-9-27(10-3-1)44-48-45(50-46(49-44)35-14-7-17-40-43(35)34-12-4-5-15-38(34)51-40)32-21-19-28-23-30(20-18-29(28)24-32)33-13-6-16-39-42(33)36-26-37-31(11-8-22-47-37)25-41(36)52-39/h1-26H. The van der Waals surface area contributed by atoms with Crippen molar-refractivity contribution < 1.29 is 8.83 Å². The van der Waals surface area contributed by atoms with Gasteiger partial charge >= 0.3 is 0 Å². The second-order valence-electron chi connectivity index (χ2n) is 13.1. The number of hydrogen-bond donors (Lipinski definition) is 0. The third-order valence-corrected chi connectivity index (χ3v) is 9.94. The van der Waals surface area contributed by atoms with Crippen molar-refractivity contribution in [3.8, 4) is 45.3 Å². The first-order valence-corrected chi connectivity index (χ1v) is 17.2. The van der Waals surface area contributed by atoms with Crippen LogP contribution in [0, 0.1) is 0 Å². The van der Waals surface area contributed by atoms with Crippen LogP contribution in [-0.2, 0) is 0 Å². The summed E-state index contributed by atoms with van der Waals surface area (Å²) in [6.07, 6.45) is 1.83. The average molecular weight is 667 g/mol. The first kappa shape index (κ1) is 28.6. The maximum Gasteiger partial charge on any atom is 0.164 e. The minimum absolute atomic E-state index is 0.597. The van der Waals surface area contributed by atoms with Crippen LogP contribution in [0.5, 0.6) is 0 Å². The number of aromatic nitrogens is 4. The fraction of sp³-hybridized carbons (Fsp3) is 0. The van der Waals surface area contributed by atoms with E-state index in [1.54, 1.807) is 0 Å². The van der Waals surface area contributed by atoms with Crippen LogP contribution in [0.1, 0.15) is 0 Å². The molecule has 0 aliphatic heterocycles. The van der Waals surface area contributed by atoms with Crippen molar-refractivity contribution in [1.29, 1.82) is 0 Å². The van der Waals surface area contributed by atoms with Crippen molar-refractivity contribution in [3.05, 3.63) is 158 Å². The molecule has 242 valence electrons. The molecule has 0 radical (unpaired) electrons. The minimum Gasteiger partial charge on any atom is -0.456 e. The van der Waals surface area contributed by atoms with Gasteiger partial charge in [-0.05, 0) is 70.4 Å². The number of hydrogen-bond acceptors (Lipinski definition) is 6. The summed E-state index contributed by atoms with van der Waals surface area (Å²) in [6, 6.07) is 51.7. The topological polar surface area (TPSA) is 77.8 Å². The van der Waals surface area contributed by atoms with E-state index in [4.69, 9.17) is 23.8 Å². The smallest absolute Gasteiger partial charge is 0.164 e. The molecule has 0 spiro atoms. The van der Waals surface area contributed by atoms with Crippen LogP contribution < -0.4 is 0 Å². The number of rotatable bonds is 4. The quantitative estimate of drug-likeness (QED) is 0.186. The Labute approximate surface area is 296 Å². The van der Waals surface area contributed by atoms with Gasteiger partial charge in [-0.3, -0.25) is 4.98 Å². The van der Waals surface area contributed by atoms with E-state index in [-0.39, 0.29) is 0 Å². The highest BCUT2D eigenvalue weighted by Gasteiger charge is 2.19. The molecule has 7 aromatic carbocycles. The number of nitrogens with zero attached hydrogens (tertiary/aromatic N) is 4. The molecule has 0 N–H and O–H groups in total. The number of fused-ring (bicyclic) bond motifs is 8. The second kappa shape index (κ2) is 11.2. The zero-order valence-corrected chi connectivity index (χ0v) is 27.6. The minimum atomic E-state index is 0.597. The van der Waals surface area contributed by atoms with E-state index >= 15 is 0 Å². The monoisotopic (exact) mass is 666 g/mol. The van der Waals surface area contributed by atoms with Gasteiger partial charge < -0.3 is 8.83 Å². The molecule has 0 amide bonds. The van der Waals surface area contributed by atoms with E-state index in [0.29, 0.717) is 17.5 Å². The van der Waals surface area contributed by atoms with Gasteiger partial charge in [-0.15, -0.1) is 0 Å². The van der Waals surface area contributed by atoms with Crippen molar-refractivity contribution in [2.75, 3.05) is 0 Å². The third kappa shape index (κ3) is 4.51. The Balaban J connectivity index is 1.05. The van der Waals surface area contributed by atoms with Crippen LogP contribution in [0.15, 0.2) is 167 Å². The van der Waals surface area contributed by atoms with Crippen LogP contribution in [0.4, 0.5) is 0 Å². The molecule has 0 saturated heterocycles. The number of benzene rings is 7. The van der Waals surface area contributed by atoms with E-state index in [1.165, 1.54) is 0 Å². The lowest BCUT2D eigenvalue weighted by molar-refractivity contribution is 0.669. The van der Waals surface area contributed by atoms with Crippen molar-refractivity contribution >= 4 is 65.6 Å². The Kier molecular flexibility index (Phi) is 6.15.